The van der Waals surface area contributed by atoms with Crippen molar-refractivity contribution >= 4 is 11.6 Å². The van der Waals surface area contributed by atoms with Crippen molar-refractivity contribution < 1.29 is 0 Å². The minimum absolute atomic E-state index is 0.210. The highest BCUT2D eigenvalue weighted by Gasteiger charge is 2.27. The Morgan fingerprint density at radius 3 is 2.71 bits per heavy atom. The molecule has 3 aromatic rings. The van der Waals surface area contributed by atoms with E-state index in [2.05, 4.69) is 26.3 Å². The molecule has 0 aliphatic carbocycles. The van der Waals surface area contributed by atoms with Gasteiger partial charge >= 0.3 is 0 Å². The van der Waals surface area contributed by atoms with Gasteiger partial charge in [-0.2, -0.15) is 0 Å². The summed E-state index contributed by atoms with van der Waals surface area (Å²) in [6.07, 6.45) is 5.32. The molecule has 28 heavy (non-hydrogen) atoms. The number of pyridine rings is 2. The predicted molar refractivity (Wildman–Crippen MR) is 110 cm³/mol. The molecule has 1 atom stereocenters. The number of hydrogen-bond donors (Lipinski definition) is 1. The van der Waals surface area contributed by atoms with Crippen LogP contribution in [0.1, 0.15) is 48.2 Å². The van der Waals surface area contributed by atoms with E-state index in [1.54, 1.807) is 0 Å². The van der Waals surface area contributed by atoms with Crippen molar-refractivity contribution in [3.8, 4) is 0 Å². The minimum atomic E-state index is 0.210. The summed E-state index contributed by atoms with van der Waals surface area (Å²) in [4.78, 5) is 21.1. The summed E-state index contributed by atoms with van der Waals surface area (Å²) in [7, 11) is 0. The first-order valence-corrected chi connectivity index (χ1v) is 9.87. The van der Waals surface area contributed by atoms with Crippen molar-refractivity contribution in [2.45, 2.75) is 45.7 Å². The largest absolute Gasteiger partial charge is 0.325 e. The number of hydrogen-bond acceptors (Lipinski definition) is 6. The van der Waals surface area contributed by atoms with Crippen LogP contribution in [0.4, 0.5) is 11.6 Å². The molecular formula is C22H26N6. The maximum atomic E-state index is 4.85. The third-order valence-electron chi connectivity index (χ3n) is 5.02. The molecule has 1 N–H and O–H groups in total. The molecule has 6 nitrogen and oxygen atoms in total. The molecule has 1 saturated heterocycles. The lowest BCUT2D eigenvalue weighted by Crippen LogP contribution is -2.34. The van der Waals surface area contributed by atoms with Gasteiger partial charge in [-0.3, -0.25) is 9.88 Å². The van der Waals surface area contributed by atoms with Crippen molar-refractivity contribution in [3.05, 3.63) is 71.6 Å². The standard InChI is InChI=1S/C22H26N6/c1-16-8-7-11-20(24-16)26-21-14-17(2)25-22(27-21)19-10-4-6-13-28(19)15-18-9-3-5-12-23-18/h3,5,7-9,11-12,14,19H,4,6,10,13,15H2,1-2H3,(H,24,25,26,27). The second kappa shape index (κ2) is 8.44. The van der Waals surface area contributed by atoms with Crippen LogP contribution in [0.2, 0.25) is 0 Å². The fourth-order valence-electron chi connectivity index (χ4n) is 3.72. The van der Waals surface area contributed by atoms with Crippen LogP contribution in [0.25, 0.3) is 0 Å². The van der Waals surface area contributed by atoms with E-state index >= 15 is 0 Å². The molecule has 0 spiro atoms. The molecule has 1 aliphatic rings. The van der Waals surface area contributed by atoms with Gasteiger partial charge in [0.05, 0.1) is 11.7 Å². The van der Waals surface area contributed by atoms with Crippen molar-refractivity contribution in [1.29, 1.82) is 0 Å². The molecule has 1 fully saturated rings. The molecule has 4 heterocycles. The van der Waals surface area contributed by atoms with E-state index in [4.69, 9.17) is 9.97 Å². The average molecular weight is 374 g/mol. The van der Waals surface area contributed by atoms with E-state index in [1.807, 2.05) is 56.4 Å². The van der Waals surface area contributed by atoms with Crippen LogP contribution in [0.3, 0.4) is 0 Å². The average Bonchev–Trinajstić information content (AvgIpc) is 2.69. The topological polar surface area (TPSA) is 66.8 Å². The van der Waals surface area contributed by atoms with Crippen molar-refractivity contribution in [3.63, 3.8) is 0 Å². The van der Waals surface area contributed by atoms with Gasteiger partial charge in [0.1, 0.15) is 17.5 Å². The summed E-state index contributed by atoms with van der Waals surface area (Å²) in [5.74, 6) is 2.48. The SMILES string of the molecule is Cc1cccc(Nc2cc(C)nc(C3CCCCN3Cc3ccccn3)n2)n1. The van der Waals surface area contributed by atoms with E-state index in [0.29, 0.717) is 0 Å². The van der Waals surface area contributed by atoms with Crippen molar-refractivity contribution in [2.75, 3.05) is 11.9 Å². The Morgan fingerprint density at radius 2 is 1.89 bits per heavy atom. The van der Waals surface area contributed by atoms with E-state index in [0.717, 1.165) is 54.1 Å². The molecule has 0 saturated carbocycles. The van der Waals surface area contributed by atoms with Crippen LogP contribution >= 0.6 is 0 Å². The lowest BCUT2D eigenvalue weighted by atomic mass is 10.0. The summed E-state index contributed by atoms with van der Waals surface area (Å²) in [5, 5.41) is 3.34. The van der Waals surface area contributed by atoms with E-state index in [9.17, 15) is 0 Å². The van der Waals surface area contributed by atoms with Crippen LogP contribution in [0.5, 0.6) is 0 Å². The predicted octanol–water partition coefficient (Wildman–Crippen LogP) is 4.35. The molecule has 1 unspecified atom stereocenters. The first-order chi connectivity index (χ1) is 13.7. The molecule has 0 radical (unpaired) electrons. The zero-order chi connectivity index (χ0) is 19.3. The van der Waals surface area contributed by atoms with Crippen molar-refractivity contribution in [2.24, 2.45) is 0 Å². The van der Waals surface area contributed by atoms with Gasteiger partial charge in [0.15, 0.2) is 0 Å². The first-order valence-electron chi connectivity index (χ1n) is 9.87. The molecule has 0 amide bonds. The molecule has 144 valence electrons. The highest BCUT2D eigenvalue weighted by Crippen LogP contribution is 2.31. The second-order valence-electron chi connectivity index (χ2n) is 7.35. The third-order valence-corrected chi connectivity index (χ3v) is 5.02. The highest BCUT2D eigenvalue weighted by molar-refractivity contribution is 5.52. The van der Waals surface area contributed by atoms with E-state index in [-0.39, 0.29) is 6.04 Å². The molecule has 0 bridgehead atoms. The normalized spacial score (nSPS) is 17.4. The van der Waals surface area contributed by atoms with Crippen LogP contribution < -0.4 is 5.32 Å². The van der Waals surface area contributed by atoms with Crippen LogP contribution in [-0.2, 0) is 6.54 Å². The summed E-state index contributed by atoms with van der Waals surface area (Å²) in [5.41, 5.74) is 3.03. The molecule has 3 aromatic heterocycles. The minimum Gasteiger partial charge on any atom is -0.325 e. The number of aromatic nitrogens is 4. The van der Waals surface area contributed by atoms with Gasteiger partial charge < -0.3 is 5.32 Å². The molecule has 0 aromatic carbocycles. The Bertz CT molecular complexity index is 927. The molecule has 6 heteroatoms. The number of aryl methyl sites for hydroxylation is 2. The Hall–Kier alpha value is -2.86. The lowest BCUT2D eigenvalue weighted by molar-refractivity contribution is 0.132. The Kier molecular flexibility index (Phi) is 5.58. The third kappa shape index (κ3) is 4.51. The summed E-state index contributed by atoms with van der Waals surface area (Å²) in [6.45, 7) is 5.87. The number of nitrogens with one attached hydrogen (secondary N) is 1. The number of rotatable bonds is 5. The summed E-state index contributed by atoms with van der Waals surface area (Å²) in [6, 6.07) is 14.2. The quantitative estimate of drug-likeness (QED) is 0.716. The fraction of sp³-hybridized carbons (Fsp3) is 0.364. The maximum Gasteiger partial charge on any atom is 0.148 e. The molecule has 1 aliphatic heterocycles. The van der Waals surface area contributed by atoms with Gasteiger partial charge in [-0.25, -0.2) is 15.0 Å². The summed E-state index contributed by atoms with van der Waals surface area (Å²) >= 11 is 0. The zero-order valence-electron chi connectivity index (χ0n) is 16.5. The maximum absolute atomic E-state index is 4.85. The number of anilines is 2. The van der Waals surface area contributed by atoms with E-state index < -0.39 is 0 Å². The smallest absolute Gasteiger partial charge is 0.148 e. The number of likely N-dealkylation sites (tertiary alicyclic amines) is 1. The zero-order valence-corrected chi connectivity index (χ0v) is 16.5. The number of piperidine rings is 1. The Balaban J connectivity index is 1.58. The van der Waals surface area contributed by atoms with Gasteiger partial charge in [-0.1, -0.05) is 18.6 Å². The molecule has 4 rings (SSSR count). The number of nitrogens with zero attached hydrogens (tertiary/aromatic N) is 5. The monoisotopic (exact) mass is 374 g/mol. The summed E-state index contributed by atoms with van der Waals surface area (Å²) < 4.78 is 0. The Labute approximate surface area is 166 Å². The van der Waals surface area contributed by atoms with Gasteiger partial charge in [0.2, 0.25) is 0 Å². The van der Waals surface area contributed by atoms with Gasteiger partial charge in [-0.05, 0) is 57.5 Å². The van der Waals surface area contributed by atoms with Gasteiger partial charge in [0.25, 0.3) is 0 Å². The van der Waals surface area contributed by atoms with Crippen molar-refractivity contribution in [1.82, 2.24) is 24.8 Å². The Morgan fingerprint density at radius 1 is 0.964 bits per heavy atom. The lowest BCUT2D eigenvalue weighted by Gasteiger charge is -2.34. The van der Waals surface area contributed by atoms with Crippen LogP contribution in [0, 0.1) is 13.8 Å². The first kappa shape index (κ1) is 18.5. The van der Waals surface area contributed by atoms with Crippen LogP contribution in [-0.4, -0.2) is 31.4 Å². The molecular weight excluding hydrogens is 348 g/mol. The van der Waals surface area contributed by atoms with Gasteiger partial charge in [-0.15, -0.1) is 0 Å². The second-order valence-corrected chi connectivity index (χ2v) is 7.35. The van der Waals surface area contributed by atoms with Crippen LogP contribution in [0.15, 0.2) is 48.7 Å². The highest BCUT2D eigenvalue weighted by atomic mass is 15.2. The van der Waals surface area contributed by atoms with Gasteiger partial charge in [0, 0.05) is 30.2 Å². The fourth-order valence-corrected chi connectivity index (χ4v) is 3.72. The van der Waals surface area contributed by atoms with E-state index in [1.165, 1.54) is 12.8 Å².